The van der Waals surface area contributed by atoms with E-state index in [4.69, 9.17) is 0 Å². The number of benzene rings is 2. The lowest BCUT2D eigenvalue weighted by atomic mass is 10.1. The van der Waals surface area contributed by atoms with Crippen LogP contribution in [0.1, 0.15) is 21.5 Å². The molecule has 8 heteroatoms. The van der Waals surface area contributed by atoms with Crippen molar-refractivity contribution in [1.29, 1.82) is 0 Å². The van der Waals surface area contributed by atoms with E-state index < -0.39 is 22.6 Å². The summed E-state index contributed by atoms with van der Waals surface area (Å²) in [7, 11) is 1.42. The van der Waals surface area contributed by atoms with Crippen LogP contribution in [-0.4, -0.2) is 22.8 Å². The van der Waals surface area contributed by atoms with Gasteiger partial charge in [-0.25, -0.2) is 0 Å². The quantitative estimate of drug-likeness (QED) is 0.628. The largest absolute Gasteiger partial charge is 0.416 e. The fourth-order valence-electron chi connectivity index (χ4n) is 2.16. The molecule has 2 aromatic carbocycles. The third kappa shape index (κ3) is 4.09. The van der Waals surface area contributed by atoms with E-state index in [2.05, 4.69) is 0 Å². The lowest BCUT2D eigenvalue weighted by Gasteiger charge is -2.18. The number of rotatable bonds is 4. The first-order chi connectivity index (χ1) is 11.2. The molecule has 0 radical (unpaired) electrons. The molecule has 0 bridgehead atoms. The summed E-state index contributed by atoms with van der Waals surface area (Å²) in [5.74, 6) is -0.604. The molecule has 0 aliphatic heterocycles. The number of hydrogen-bond donors (Lipinski definition) is 0. The number of alkyl halides is 3. The number of carbonyl (C=O) groups is 1. The van der Waals surface area contributed by atoms with Crippen LogP contribution in [0.2, 0.25) is 0 Å². The average molecular weight is 338 g/mol. The Balaban J connectivity index is 2.18. The Morgan fingerprint density at radius 1 is 1.17 bits per heavy atom. The van der Waals surface area contributed by atoms with Crippen molar-refractivity contribution in [2.45, 2.75) is 12.7 Å². The summed E-state index contributed by atoms with van der Waals surface area (Å²) in [5, 5.41) is 10.7. The molecular weight excluding hydrogens is 325 g/mol. The highest BCUT2D eigenvalue weighted by molar-refractivity contribution is 5.94. The van der Waals surface area contributed by atoms with Crippen molar-refractivity contribution in [2.24, 2.45) is 0 Å². The van der Waals surface area contributed by atoms with Gasteiger partial charge in [0.15, 0.2) is 0 Å². The summed E-state index contributed by atoms with van der Waals surface area (Å²) >= 11 is 0. The average Bonchev–Trinajstić information content (AvgIpc) is 2.53. The van der Waals surface area contributed by atoms with Crippen molar-refractivity contribution in [3.63, 3.8) is 0 Å². The molecule has 0 aromatic heterocycles. The van der Waals surface area contributed by atoms with Gasteiger partial charge in [-0.1, -0.05) is 18.2 Å². The third-order valence-corrected chi connectivity index (χ3v) is 3.32. The molecule has 0 heterocycles. The van der Waals surface area contributed by atoms with E-state index in [1.54, 1.807) is 6.07 Å². The molecule has 24 heavy (non-hydrogen) atoms. The maximum Gasteiger partial charge on any atom is 0.416 e. The molecule has 0 aliphatic carbocycles. The summed E-state index contributed by atoms with van der Waals surface area (Å²) in [6, 6.07) is 9.84. The van der Waals surface area contributed by atoms with Gasteiger partial charge in [0.1, 0.15) is 0 Å². The molecule has 0 atom stereocenters. The summed E-state index contributed by atoms with van der Waals surface area (Å²) in [4.78, 5) is 23.7. The van der Waals surface area contributed by atoms with Gasteiger partial charge in [-0.15, -0.1) is 0 Å². The predicted molar refractivity (Wildman–Crippen MR) is 80.3 cm³/mol. The van der Waals surface area contributed by atoms with E-state index >= 15 is 0 Å². The summed E-state index contributed by atoms with van der Waals surface area (Å²) in [5.41, 5.74) is -0.616. The zero-order valence-corrected chi connectivity index (χ0v) is 12.6. The standard InChI is InChI=1S/C16H13F3N2O3/c1-20(10-11-4-2-7-14(8-11)21(23)24)15(22)12-5-3-6-13(9-12)16(17,18)19/h2-9H,10H2,1H3. The van der Waals surface area contributed by atoms with Crippen LogP contribution in [0.3, 0.4) is 0 Å². The van der Waals surface area contributed by atoms with Crippen LogP contribution >= 0.6 is 0 Å². The number of nitrogens with zero attached hydrogens (tertiary/aromatic N) is 2. The van der Waals surface area contributed by atoms with Crippen molar-refractivity contribution in [1.82, 2.24) is 4.90 Å². The van der Waals surface area contributed by atoms with E-state index in [1.165, 1.54) is 36.2 Å². The normalized spacial score (nSPS) is 11.2. The zero-order valence-electron chi connectivity index (χ0n) is 12.6. The van der Waals surface area contributed by atoms with Crippen LogP contribution in [-0.2, 0) is 12.7 Å². The highest BCUT2D eigenvalue weighted by atomic mass is 19.4. The number of amides is 1. The van der Waals surface area contributed by atoms with Crippen molar-refractivity contribution in [2.75, 3.05) is 7.05 Å². The predicted octanol–water partition coefficient (Wildman–Crippen LogP) is 3.89. The Bertz CT molecular complexity index is 775. The Hall–Kier alpha value is -2.90. The van der Waals surface area contributed by atoms with Gasteiger partial charge in [0.2, 0.25) is 0 Å². The van der Waals surface area contributed by atoms with Crippen LogP contribution in [0.5, 0.6) is 0 Å². The fraction of sp³-hybridized carbons (Fsp3) is 0.188. The van der Waals surface area contributed by atoms with E-state index in [0.29, 0.717) is 5.56 Å². The number of nitro benzene ring substituents is 1. The minimum absolute atomic E-state index is 0.0385. The van der Waals surface area contributed by atoms with Crippen LogP contribution < -0.4 is 0 Å². The molecular formula is C16H13F3N2O3. The van der Waals surface area contributed by atoms with Gasteiger partial charge in [0, 0.05) is 31.3 Å². The van der Waals surface area contributed by atoms with Gasteiger partial charge in [-0.2, -0.15) is 13.2 Å². The summed E-state index contributed by atoms with van der Waals surface area (Å²) in [6.45, 7) is 0.0385. The molecule has 0 N–H and O–H groups in total. The van der Waals surface area contributed by atoms with Gasteiger partial charge >= 0.3 is 6.18 Å². The van der Waals surface area contributed by atoms with Crippen LogP contribution in [0.15, 0.2) is 48.5 Å². The summed E-state index contributed by atoms with van der Waals surface area (Å²) in [6.07, 6.45) is -4.53. The van der Waals surface area contributed by atoms with Gasteiger partial charge in [0.25, 0.3) is 11.6 Å². The van der Waals surface area contributed by atoms with Gasteiger partial charge < -0.3 is 4.90 Å². The smallest absolute Gasteiger partial charge is 0.337 e. The molecule has 0 aliphatic rings. The SMILES string of the molecule is CN(Cc1cccc([N+](=O)[O-])c1)C(=O)c1cccc(C(F)(F)F)c1. The third-order valence-electron chi connectivity index (χ3n) is 3.32. The first kappa shape index (κ1) is 17.5. The minimum Gasteiger partial charge on any atom is -0.337 e. The molecule has 1 amide bonds. The molecule has 0 saturated heterocycles. The first-order valence-electron chi connectivity index (χ1n) is 6.84. The summed E-state index contributed by atoms with van der Waals surface area (Å²) < 4.78 is 38.1. The molecule has 2 rings (SSSR count). The van der Waals surface area contributed by atoms with Crippen LogP contribution in [0.25, 0.3) is 0 Å². The Morgan fingerprint density at radius 3 is 2.46 bits per heavy atom. The van der Waals surface area contributed by atoms with Crippen molar-refractivity contribution < 1.29 is 22.9 Å². The number of non-ortho nitro benzene ring substituents is 1. The number of hydrogen-bond acceptors (Lipinski definition) is 3. The maximum atomic E-state index is 12.7. The van der Waals surface area contributed by atoms with E-state index in [9.17, 15) is 28.1 Å². The topological polar surface area (TPSA) is 63.4 Å². The molecule has 5 nitrogen and oxygen atoms in total. The van der Waals surface area contributed by atoms with Crippen LogP contribution in [0.4, 0.5) is 18.9 Å². The van der Waals surface area contributed by atoms with E-state index in [0.717, 1.165) is 18.2 Å². The van der Waals surface area contributed by atoms with Crippen molar-refractivity contribution in [3.8, 4) is 0 Å². The molecule has 126 valence electrons. The first-order valence-corrected chi connectivity index (χ1v) is 6.84. The molecule has 0 spiro atoms. The molecule has 0 unspecified atom stereocenters. The van der Waals surface area contributed by atoms with E-state index in [1.807, 2.05) is 0 Å². The molecule has 0 fully saturated rings. The van der Waals surface area contributed by atoms with Gasteiger partial charge in [0.05, 0.1) is 10.5 Å². The second kappa shape index (κ2) is 6.69. The highest BCUT2D eigenvalue weighted by Crippen LogP contribution is 2.29. The van der Waals surface area contributed by atoms with Gasteiger partial charge in [-0.3, -0.25) is 14.9 Å². The lowest BCUT2D eigenvalue weighted by Crippen LogP contribution is -2.26. The monoisotopic (exact) mass is 338 g/mol. The van der Waals surface area contributed by atoms with Crippen molar-refractivity contribution >= 4 is 11.6 Å². The highest BCUT2D eigenvalue weighted by Gasteiger charge is 2.31. The van der Waals surface area contributed by atoms with E-state index in [-0.39, 0.29) is 17.8 Å². The van der Waals surface area contributed by atoms with Crippen LogP contribution in [0, 0.1) is 10.1 Å². The number of nitro groups is 1. The molecule has 2 aromatic rings. The maximum absolute atomic E-state index is 12.7. The fourth-order valence-corrected chi connectivity index (χ4v) is 2.16. The minimum atomic E-state index is -4.53. The number of carbonyl (C=O) groups excluding carboxylic acids is 1. The Kier molecular flexibility index (Phi) is 4.87. The van der Waals surface area contributed by atoms with Gasteiger partial charge in [-0.05, 0) is 23.8 Å². The lowest BCUT2D eigenvalue weighted by molar-refractivity contribution is -0.384. The Morgan fingerprint density at radius 2 is 1.83 bits per heavy atom. The Labute approximate surface area is 135 Å². The number of halogens is 3. The second-order valence-corrected chi connectivity index (χ2v) is 5.17. The molecule has 0 saturated carbocycles. The second-order valence-electron chi connectivity index (χ2n) is 5.17. The van der Waals surface area contributed by atoms with Crippen molar-refractivity contribution in [3.05, 3.63) is 75.3 Å². The zero-order chi connectivity index (χ0) is 17.9.